The summed E-state index contributed by atoms with van der Waals surface area (Å²) in [4.78, 5) is 23.8. The fraction of sp³-hybridized carbons (Fsp3) is 0.211. The Morgan fingerprint density at radius 2 is 1.96 bits per heavy atom. The molecule has 26 heavy (non-hydrogen) atoms. The third-order valence-corrected chi connectivity index (χ3v) is 3.72. The van der Waals surface area contributed by atoms with Crippen LogP contribution in [0.25, 0.3) is 0 Å². The van der Waals surface area contributed by atoms with Crippen molar-refractivity contribution in [3.8, 4) is 11.5 Å². The van der Waals surface area contributed by atoms with Gasteiger partial charge in [0.25, 0.3) is 0 Å². The van der Waals surface area contributed by atoms with E-state index < -0.39 is 11.8 Å². The minimum atomic E-state index is -0.883. The number of ether oxygens (including phenoxy) is 1. The smallest absolute Gasteiger partial charge is 0.329 e. The lowest BCUT2D eigenvalue weighted by Gasteiger charge is -2.09. The second kappa shape index (κ2) is 8.66. The van der Waals surface area contributed by atoms with Crippen molar-refractivity contribution >= 4 is 23.7 Å². The van der Waals surface area contributed by atoms with Gasteiger partial charge in [0.1, 0.15) is 0 Å². The number of aromatic hydroxyl groups is 1. The molecule has 0 unspecified atom stereocenters. The van der Waals surface area contributed by atoms with Gasteiger partial charge >= 0.3 is 11.8 Å². The number of aryl methyl sites for hydroxylation is 1. The topological polar surface area (TPSA) is 100 Å². The van der Waals surface area contributed by atoms with Crippen LogP contribution in [0.5, 0.6) is 11.5 Å². The predicted octanol–water partition coefficient (Wildman–Crippen LogP) is 2.50. The Balaban J connectivity index is 1.97. The molecule has 0 aliphatic rings. The summed E-state index contributed by atoms with van der Waals surface area (Å²) in [6.07, 6.45) is 1.35. The normalized spacial score (nSPS) is 10.6. The molecule has 0 spiro atoms. The highest BCUT2D eigenvalue weighted by molar-refractivity contribution is 6.39. The number of carbonyl (C=O) groups is 2. The number of anilines is 1. The van der Waals surface area contributed by atoms with Gasteiger partial charge in [-0.2, -0.15) is 5.10 Å². The minimum absolute atomic E-state index is 0.0148. The van der Waals surface area contributed by atoms with Gasteiger partial charge in [0.05, 0.1) is 12.8 Å². The molecule has 2 rings (SSSR count). The third kappa shape index (κ3) is 4.83. The largest absolute Gasteiger partial charge is 0.504 e. The number of phenols is 1. The molecular formula is C19H21N3O4. The number of rotatable bonds is 5. The van der Waals surface area contributed by atoms with Crippen LogP contribution in [0.1, 0.15) is 23.6 Å². The zero-order chi connectivity index (χ0) is 19.1. The molecule has 0 bridgehead atoms. The molecule has 0 fully saturated rings. The number of benzene rings is 2. The van der Waals surface area contributed by atoms with Gasteiger partial charge in [0, 0.05) is 5.69 Å². The molecule has 0 saturated heterocycles. The van der Waals surface area contributed by atoms with E-state index in [1.807, 2.05) is 19.9 Å². The minimum Gasteiger partial charge on any atom is -0.504 e. The van der Waals surface area contributed by atoms with E-state index in [2.05, 4.69) is 15.8 Å². The lowest BCUT2D eigenvalue weighted by atomic mass is 10.1. The molecule has 136 valence electrons. The van der Waals surface area contributed by atoms with E-state index in [1.54, 1.807) is 31.2 Å². The van der Waals surface area contributed by atoms with E-state index in [9.17, 15) is 14.7 Å². The fourth-order valence-corrected chi connectivity index (χ4v) is 2.16. The number of nitrogens with zero attached hydrogens (tertiary/aromatic N) is 1. The van der Waals surface area contributed by atoms with Crippen LogP contribution in [0.15, 0.2) is 41.5 Å². The van der Waals surface area contributed by atoms with Gasteiger partial charge < -0.3 is 15.2 Å². The molecule has 2 amide bonds. The van der Waals surface area contributed by atoms with Crippen LogP contribution >= 0.6 is 0 Å². The van der Waals surface area contributed by atoms with Gasteiger partial charge in [-0.05, 0) is 61.7 Å². The summed E-state index contributed by atoms with van der Waals surface area (Å²) in [5.41, 5.74) is 5.25. The SMILES string of the molecule is CCOc1cc(/C=N\NC(=O)C(=O)Nc2cccc(C)c2C)ccc1O. The molecule has 0 radical (unpaired) electrons. The number of carbonyl (C=O) groups excluding carboxylic acids is 2. The van der Waals surface area contributed by atoms with E-state index in [4.69, 9.17) is 4.74 Å². The summed E-state index contributed by atoms with van der Waals surface area (Å²) in [6.45, 7) is 5.99. The van der Waals surface area contributed by atoms with Gasteiger partial charge in [0.15, 0.2) is 11.5 Å². The first-order valence-electron chi connectivity index (χ1n) is 8.08. The second-order valence-corrected chi connectivity index (χ2v) is 5.56. The van der Waals surface area contributed by atoms with E-state index in [0.717, 1.165) is 11.1 Å². The Morgan fingerprint density at radius 1 is 1.19 bits per heavy atom. The van der Waals surface area contributed by atoms with Gasteiger partial charge in [0.2, 0.25) is 0 Å². The van der Waals surface area contributed by atoms with Crippen molar-refractivity contribution in [2.24, 2.45) is 5.10 Å². The lowest BCUT2D eigenvalue weighted by Crippen LogP contribution is -2.32. The molecule has 0 aliphatic carbocycles. The van der Waals surface area contributed by atoms with Crippen molar-refractivity contribution in [2.75, 3.05) is 11.9 Å². The van der Waals surface area contributed by atoms with Gasteiger partial charge in [-0.3, -0.25) is 9.59 Å². The molecule has 0 aliphatic heterocycles. The molecule has 7 heteroatoms. The molecule has 0 aromatic heterocycles. The number of hydrazone groups is 1. The van der Waals surface area contributed by atoms with E-state index in [1.165, 1.54) is 12.3 Å². The fourth-order valence-electron chi connectivity index (χ4n) is 2.16. The third-order valence-electron chi connectivity index (χ3n) is 3.72. The molecule has 7 nitrogen and oxygen atoms in total. The Kier molecular flexibility index (Phi) is 6.32. The van der Waals surface area contributed by atoms with Crippen LogP contribution in [-0.4, -0.2) is 29.7 Å². The van der Waals surface area contributed by atoms with Crippen LogP contribution < -0.4 is 15.5 Å². The van der Waals surface area contributed by atoms with Crippen molar-refractivity contribution in [3.63, 3.8) is 0 Å². The van der Waals surface area contributed by atoms with E-state index in [-0.39, 0.29) is 5.75 Å². The van der Waals surface area contributed by atoms with Crippen molar-refractivity contribution < 1.29 is 19.4 Å². The molecule has 0 saturated carbocycles. The highest BCUT2D eigenvalue weighted by atomic mass is 16.5. The van der Waals surface area contributed by atoms with Gasteiger partial charge in [-0.25, -0.2) is 5.43 Å². The van der Waals surface area contributed by atoms with E-state index >= 15 is 0 Å². The van der Waals surface area contributed by atoms with Crippen molar-refractivity contribution in [2.45, 2.75) is 20.8 Å². The predicted molar refractivity (Wildman–Crippen MR) is 99.6 cm³/mol. The lowest BCUT2D eigenvalue weighted by molar-refractivity contribution is -0.136. The molecule has 0 atom stereocenters. The Bertz CT molecular complexity index is 847. The molecule has 3 N–H and O–H groups in total. The average molecular weight is 355 g/mol. The summed E-state index contributed by atoms with van der Waals surface area (Å²) in [5, 5.41) is 15.9. The van der Waals surface area contributed by atoms with Gasteiger partial charge in [-0.15, -0.1) is 0 Å². The summed E-state index contributed by atoms with van der Waals surface area (Å²) in [7, 11) is 0. The highest BCUT2D eigenvalue weighted by Crippen LogP contribution is 2.26. The first-order chi connectivity index (χ1) is 12.4. The van der Waals surface area contributed by atoms with Crippen LogP contribution in [0, 0.1) is 13.8 Å². The molecule has 2 aromatic carbocycles. The average Bonchev–Trinajstić information content (AvgIpc) is 2.61. The summed E-state index contributed by atoms with van der Waals surface area (Å²) < 4.78 is 5.27. The Morgan fingerprint density at radius 3 is 2.69 bits per heavy atom. The van der Waals surface area contributed by atoms with Crippen molar-refractivity contribution in [1.82, 2.24) is 5.43 Å². The maximum atomic E-state index is 12.0. The van der Waals surface area contributed by atoms with Gasteiger partial charge in [-0.1, -0.05) is 12.1 Å². The highest BCUT2D eigenvalue weighted by Gasteiger charge is 2.14. The quantitative estimate of drug-likeness (QED) is 0.436. The zero-order valence-electron chi connectivity index (χ0n) is 14.9. The molecular weight excluding hydrogens is 334 g/mol. The van der Waals surface area contributed by atoms with Crippen LogP contribution in [0.3, 0.4) is 0 Å². The second-order valence-electron chi connectivity index (χ2n) is 5.56. The monoisotopic (exact) mass is 355 g/mol. The number of phenolic OH excluding ortho intramolecular Hbond substituents is 1. The van der Waals surface area contributed by atoms with Crippen LogP contribution in [0.2, 0.25) is 0 Å². The first-order valence-corrected chi connectivity index (χ1v) is 8.08. The number of hydrogen-bond acceptors (Lipinski definition) is 5. The maximum Gasteiger partial charge on any atom is 0.329 e. The molecule has 2 aromatic rings. The number of amides is 2. The Labute approximate surface area is 151 Å². The summed E-state index contributed by atoms with van der Waals surface area (Å²) in [5.74, 6) is -1.36. The number of hydrogen-bond donors (Lipinski definition) is 3. The molecule has 0 heterocycles. The van der Waals surface area contributed by atoms with Crippen molar-refractivity contribution in [1.29, 1.82) is 0 Å². The standard InChI is InChI=1S/C19H21N3O4/c1-4-26-17-10-14(8-9-16(17)23)11-20-22-19(25)18(24)21-15-7-5-6-12(2)13(15)3/h5-11,23H,4H2,1-3H3,(H,21,24)(H,22,25)/b20-11-. The van der Waals surface area contributed by atoms with Crippen LogP contribution in [0.4, 0.5) is 5.69 Å². The number of nitrogens with one attached hydrogen (secondary N) is 2. The van der Waals surface area contributed by atoms with Crippen molar-refractivity contribution in [3.05, 3.63) is 53.1 Å². The van der Waals surface area contributed by atoms with Crippen LogP contribution in [-0.2, 0) is 9.59 Å². The summed E-state index contributed by atoms with van der Waals surface area (Å²) >= 11 is 0. The zero-order valence-corrected chi connectivity index (χ0v) is 14.9. The Hall–Kier alpha value is -3.35. The summed E-state index contributed by atoms with van der Waals surface area (Å²) in [6, 6.07) is 10.1. The maximum absolute atomic E-state index is 12.0. The first kappa shape index (κ1) is 19.0. The van der Waals surface area contributed by atoms with E-state index in [0.29, 0.717) is 23.6 Å².